The van der Waals surface area contributed by atoms with Gasteiger partial charge < -0.3 is 5.73 Å². The summed E-state index contributed by atoms with van der Waals surface area (Å²) >= 11 is 0. The molecule has 2 aromatic carbocycles. The van der Waals surface area contributed by atoms with E-state index in [1.165, 1.54) is 0 Å². The molecule has 0 unspecified atom stereocenters. The first kappa shape index (κ1) is 21.4. The Labute approximate surface area is 150 Å². The third-order valence-corrected chi connectivity index (χ3v) is 5.38. The summed E-state index contributed by atoms with van der Waals surface area (Å²) in [4.78, 5) is -1.16. The average molecular weight is 395 g/mol. The number of nitrogens with two attached hydrogens (primary N) is 1. The molecule has 2 aromatic rings. The average Bonchev–Trinajstić information content (AvgIpc) is 2.51. The maximum Gasteiger partial charge on any atom is 0.248 e. The first-order valence-corrected chi connectivity index (χ1v) is 8.69. The Morgan fingerprint density at radius 2 is 1.52 bits per heavy atom. The van der Waals surface area contributed by atoms with Crippen LogP contribution in [-0.4, -0.2) is 32.4 Å². The van der Waals surface area contributed by atoms with Gasteiger partial charge in [-0.2, -0.15) is 4.31 Å². The monoisotopic (exact) mass is 394 g/mol. The molecule has 0 bridgehead atoms. The molecular formula is C16H18ClF3N2O2S. The Bertz CT molecular complexity index is 781. The van der Waals surface area contributed by atoms with Gasteiger partial charge in [-0.25, -0.2) is 21.6 Å². The van der Waals surface area contributed by atoms with Crippen LogP contribution < -0.4 is 5.73 Å². The summed E-state index contributed by atoms with van der Waals surface area (Å²) < 4.78 is 66.7. The highest BCUT2D eigenvalue weighted by molar-refractivity contribution is 7.89. The highest BCUT2D eigenvalue weighted by Gasteiger charge is 2.31. The van der Waals surface area contributed by atoms with Crippen LogP contribution in [0.1, 0.15) is 5.56 Å². The standard InChI is InChI=1S/C16H17F3N2O2S.ClH/c17-13-10-14(18)16(15(19)11-13)24(22,23)21(9-7-20)8-6-12-4-2-1-3-5-12;/h1-5,10-11H,6-9,20H2;1H. The number of benzene rings is 2. The molecule has 0 saturated heterocycles. The van der Waals surface area contributed by atoms with Crippen LogP contribution in [-0.2, 0) is 16.4 Å². The second-order valence-electron chi connectivity index (χ2n) is 5.13. The van der Waals surface area contributed by atoms with Crippen LogP contribution in [0, 0.1) is 17.5 Å². The predicted octanol–water partition coefficient (Wildman–Crippen LogP) is 2.72. The van der Waals surface area contributed by atoms with Gasteiger partial charge in [0, 0.05) is 31.8 Å². The van der Waals surface area contributed by atoms with E-state index in [0.717, 1.165) is 9.87 Å². The highest BCUT2D eigenvalue weighted by atomic mass is 35.5. The second-order valence-corrected chi connectivity index (χ2v) is 7.00. The van der Waals surface area contributed by atoms with Crippen molar-refractivity contribution in [1.29, 1.82) is 0 Å². The van der Waals surface area contributed by atoms with Gasteiger partial charge >= 0.3 is 0 Å². The van der Waals surface area contributed by atoms with E-state index in [1.807, 2.05) is 18.2 Å². The molecule has 0 aliphatic heterocycles. The van der Waals surface area contributed by atoms with Crippen LogP contribution >= 0.6 is 12.4 Å². The van der Waals surface area contributed by atoms with E-state index >= 15 is 0 Å². The predicted molar refractivity (Wildman–Crippen MR) is 91.5 cm³/mol. The van der Waals surface area contributed by atoms with Crippen LogP contribution in [0.5, 0.6) is 0 Å². The van der Waals surface area contributed by atoms with Gasteiger partial charge in [-0.3, -0.25) is 0 Å². The molecule has 0 atom stereocenters. The third-order valence-electron chi connectivity index (χ3n) is 3.43. The van der Waals surface area contributed by atoms with Crippen molar-refractivity contribution in [3.8, 4) is 0 Å². The first-order chi connectivity index (χ1) is 11.4. The summed E-state index contributed by atoms with van der Waals surface area (Å²) in [6.07, 6.45) is 0.352. The van der Waals surface area contributed by atoms with Crippen molar-refractivity contribution in [2.75, 3.05) is 19.6 Å². The fraction of sp³-hybridized carbons (Fsp3) is 0.250. The number of rotatable bonds is 7. The van der Waals surface area contributed by atoms with Gasteiger partial charge in [0.1, 0.15) is 17.5 Å². The molecule has 2 rings (SSSR count). The molecule has 0 amide bonds. The van der Waals surface area contributed by atoms with Gasteiger partial charge in [0.15, 0.2) is 4.90 Å². The zero-order valence-electron chi connectivity index (χ0n) is 13.2. The number of hydrogen-bond donors (Lipinski definition) is 1. The lowest BCUT2D eigenvalue weighted by Gasteiger charge is -2.22. The molecule has 9 heteroatoms. The molecule has 0 aromatic heterocycles. The van der Waals surface area contributed by atoms with Crippen LogP contribution in [0.4, 0.5) is 13.2 Å². The number of sulfonamides is 1. The van der Waals surface area contributed by atoms with Gasteiger partial charge in [0.25, 0.3) is 0 Å². The van der Waals surface area contributed by atoms with E-state index in [1.54, 1.807) is 12.1 Å². The summed E-state index contributed by atoms with van der Waals surface area (Å²) in [6.45, 7) is -0.121. The maximum absolute atomic E-state index is 13.9. The first-order valence-electron chi connectivity index (χ1n) is 7.25. The Kier molecular flexibility index (Phi) is 7.88. The van der Waals surface area contributed by atoms with Crippen molar-refractivity contribution >= 4 is 22.4 Å². The molecule has 4 nitrogen and oxygen atoms in total. The lowest BCUT2D eigenvalue weighted by Crippen LogP contribution is -2.37. The zero-order valence-corrected chi connectivity index (χ0v) is 14.8. The lowest BCUT2D eigenvalue weighted by molar-refractivity contribution is 0.409. The van der Waals surface area contributed by atoms with Crippen molar-refractivity contribution in [2.45, 2.75) is 11.3 Å². The van der Waals surface area contributed by atoms with Crippen molar-refractivity contribution in [3.05, 3.63) is 65.5 Å². The van der Waals surface area contributed by atoms with E-state index in [-0.39, 0.29) is 32.0 Å². The number of hydrogen-bond acceptors (Lipinski definition) is 3. The Balaban J connectivity index is 0.00000312. The number of halogens is 4. The van der Waals surface area contributed by atoms with Crippen molar-refractivity contribution in [3.63, 3.8) is 0 Å². The summed E-state index contributed by atoms with van der Waals surface area (Å²) in [6, 6.07) is 9.73. The highest BCUT2D eigenvalue weighted by Crippen LogP contribution is 2.24. The van der Waals surface area contributed by atoms with Crippen LogP contribution in [0.15, 0.2) is 47.4 Å². The molecule has 0 heterocycles. The molecule has 0 fully saturated rings. The van der Waals surface area contributed by atoms with Gasteiger partial charge in [-0.05, 0) is 12.0 Å². The minimum atomic E-state index is -4.47. The summed E-state index contributed by atoms with van der Waals surface area (Å²) in [5.41, 5.74) is 6.29. The minimum absolute atomic E-state index is 0. The topological polar surface area (TPSA) is 63.4 Å². The lowest BCUT2D eigenvalue weighted by atomic mass is 10.1. The normalized spacial score (nSPS) is 11.4. The van der Waals surface area contributed by atoms with Gasteiger partial charge in [-0.1, -0.05) is 30.3 Å². The largest absolute Gasteiger partial charge is 0.329 e. The smallest absolute Gasteiger partial charge is 0.248 e. The quantitative estimate of drug-likeness (QED) is 0.785. The van der Waals surface area contributed by atoms with E-state index < -0.39 is 32.4 Å². The Hall–Kier alpha value is -1.61. The molecule has 138 valence electrons. The zero-order chi connectivity index (χ0) is 17.7. The minimum Gasteiger partial charge on any atom is -0.329 e. The Morgan fingerprint density at radius 1 is 0.960 bits per heavy atom. The summed E-state index contributed by atoms with van der Waals surface area (Å²) in [5, 5.41) is 0. The van der Waals surface area contributed by atoms with Crippen LogP contribution in [0.25, 0.3) is 0 Å². The molecule has 0 spiro atoms. The van der Waals surface area contributed by atoms with E-state index in [2.05, 4.69) is 0 Å². The molecule has 0 radical (unpaired) electrons. The fourth-order valence-corrected chi connectivity index (χ4v) is 3.85. The SMILES string of the molecule is Cl.NCCN(CCc1ccccc1)S(=O)(=O)c1c(F)cc(F)cc1F. The van der Waals surface area contributed by atoms with Crippen LogP contribution in [0.2, 0.25) is 0 Å². The van der Waals surface area contributed by atoms with Gasteiger partial charge in [0.2, 0.25) is 10.0 Å². The van der Waals surface area contributed by atoms with Gasteiger partial charge in [-0.15, -0.1) is 12.4 Å². The van der Waals surface area contributed by atoms with Crippen LogP contribution in [0.3, 0.4) is 0 Å². The summed E-state index contributed by atoms with van der Waals surface area (Å²) in [7, 11) is -4.47. The molecular weight excluding hydrogens is 377 g/mol. The van der Waals surface area contributed by atoms with Crippen molar-refractivity contribution < 1.29 is 21.6 Å². The molecule has 25 heavy (non-hydrogen) atoms. The fourth-order valence-electron chi connectivity index (χ4n) is 2.30. The maximum atomic E-state index is 13.9. The third kappa shape index (κ3) is 5.18. The van der Waals surface area contributed by atoms with E-state index in [9.17, 15) is 21.6 Å². The molecule has 0 saturated carbocycles. The second kappa shape index (κ2) is 9.19. The van der Waals surface area contributed by atoms with Crippen molar-refractivity contribution in [2.24, 2.45) is 5.73 Å². The molecule has 0 aliphatic rings. The number of nitrogens with zero attached hydrogens (tertiary/aromatic N) is 1. The van der Waals surface area contributed by atoms with Crippen molar-refractivity contribution in [1.82, 2.24) is 4.31 Å². The summed E-state index contributed by atoms with van der Waals surface area (Å²) in [5.74, 6) is -4.11. The molecule has 0 aliphatic carbocycles. The van der Waals surface area contributed by atoms with Gasteiger partial charge in [0.05, 0.1) is 0 Å². The van der Waals surface area contributed by atoms with E-state index in [0.29, 0.717) is 18.6 Å². The van der Waals surface area contributed by atoms with E-state index in [4.69, 9.17) is 5.73 Å². The molecule has 2 N–H and O–H groups in total. The Morgan fingerprint density at radius 3 is 2.04 bits per heavy atom.